The molecule has 0 saturated carbocycles. The van der Waals surface area contributed by atoms with Crippen LogP contribution in [0.1, 0.15) is 53.4 Å². The molecule has 0 heteroatoms. The molecule has 0 heterocycles. The summed E-state index contributed by atoms with van der Waals surface area (Å²) in [4.78, 5) is 0. The van der Waals surface area contributed by atoms with E-state index in [0.717, 1.165) is 11.8 Å². The topological polar surface area (TPSA) is 0 Å². The maximum Gasteiger partial charge on any atom is -0.0177 e. The minimum Gasteiger partial charge on any atom is -0.0991 e. The van der Waals surface area contributed by atoms with Crippen LogP contribution in [-0.4, -0.2) is 0 Å². The van der Waals surface area contributed by atoms with Gasteiger partial charge in [-0.2, -0.15) is 0 Å². The molecular formula is C14H26. The van der Waals surface area contributed by atoms with E-state index in [0.29, 0.717) is 0 Å². The van der Waals surface area contributed by atoms with Crippen molar-refractivity contribution in [1.82, 2.24) is 0 Å². The van der Waals surface area contributed by atoms with Crippen molar-refractivity contribution < 1.29 is 0 Å². The lowest BCUT2D eigenvalue weighted by Gasteiger charge is -2.24. The van der Waals surface area contributed by atoms with Crippen LogP contribution in [0.2, 0.25) is 0 Å². The van der Waals surface area contributed by atoms with Crippen LogP contribution in [0.25, 0.3) is 0 Å². The normalized spacial score (nSPS) is 16.4. The predicted octanol–water partition coefficient (Wildman–Crippen LogP) is 4.97. The first-order chi connectivity index (χ1) is 6.71. The smallest absolute Gasteiger partial charge is 0.0177 e. The van der Waals surface area contributed by atoms with Gasteiger partial charge >= 0.3 is 0 Å². The molecule has 0 amide bonds. The second kappa shape index (κ2) is 7.84. The molecule has 2 unspecified atom stereocenters. The van der Waals surface area contributed by atoms with Crippen molar-refractivity contribution in [1.29, 1.82) is 0 Å². The number of rotatable bonds is 7. The largest absolute Gasteiger partial charge is 0.0991 e. The summed E-state index contributed by atoms with van der Waals surface area (Å²) in [7, 11) is 0. The molecule has 0 aromatic heterocycles. The maximum absolute atomic E-state index is 3.81. The highest BCUT2D eigenvalue weighted by Gasteiger charge is 2.16. The fraction of sp³-hybridized carbons (Fsp3) is 0.714. The van der Waals surface area contributed by atoms with Crippen LogP contribution in [0.3, 0.4) is 0 Å². The fourth-order valence-electron chi connectivity index (χ4n) is 2.15. The van der Waals surface area contributed by atoms with Crippen molar-refractivity contribution in [2.24, 2.45) is 11.8 Å². The van der Waals surface area contributed by atoms with Gasteiger partial charge in [-0.05, 0) is 24.7 Å². The van der Waals surface area contributed by atoms with Gasteiger partial charge in [0.1, 0.15) is 0 Å². The Labute approximate surface area is 90.1 Å². The van der Waals surface area contributed by atoms with Crippen molar-refractivity contribution in [3.8, 4) is 0 Å². The van der Waals surface area contributed by atoms with E-state index in [1.807, 2.05) is 6.08 Å². The van der Waals surface area contributed by atoms with E-state index in [4.69, 9.17) is 0 Å². The summed E-state index contributed by atoms with van der Waals surface area (Å²) >= 11 is 0. The summed E-state index contributed by atoms with van der Waals surface area (Å²) in [6.45, 7) is 13.0. The highest BCUT2D eigenvalue weighted by molar-refractivity contribution is 5.14. The Hall–Kier alpha value is -0.520. The molecule has 0 bridgehead atoms. The van der Waals surface area contributed by atoms with Gasteiger partial charge in [0.2, 0.25) is 0 Å². The minimum absolute atomic E-state index is 0.762. The van der Waals surface area contributed by atoms with E-state index >= 15 is 0 Å². The van der Waals surface area contributed by atoms with Gasteiger partial charge in [-0.1, -0.05) is 64.8 Å². The van der Waals surface area contributed by atoms with Gasteiger partial charge in [0.15, 0.2) is 0 Å². The lowest BCUT2D eigenvalue weighted by Crippen LogP contribution is -2.13. The second-order valence-corrected chi connectivity index (χ2v) is 4.13. The molecule has 0 N–H and O–H groups in total. The van der Waals surface area contributed by atoms with Gasteiger partial charge < -0.3 is 0 Å². The Morgan fingerprint density at radius 3 is 2.21 bits per heavy atom. The van der Waals surface area contributed by atoms with Gasteiger partial charge in [0.05, 0.1) is 0 Å². The fourth-order valence-corrected chi connectivity index (χ4v) is 2.15. The molecular weight excluding hydrogens is 168 g/mol. The molecule has 0 aromatic rings. The van der Waals surface area contributed by atoms with Crippen LogP contribution in [0, 0.1) is 11.8 Å². The minimum atomic E-state index is 0.762. The monoisotopic (exact) mass is 194 g/mol. The first-order valence-corrected chi connectivity index (χ1v) is 6.02. The van der Waals surface area contributed by atoms with E-state index < -0.39 is 0 Å². The Kier molecular flexibility index (Phi) is 7.55. The zero-order valence-electron chi connectivity index (χ0n) is 10.3. The highest BCUT2D eigenvalue weighted by atomic mass is 14.2. The highest BCUT2D eigenvalue weighted by Crippen LogP contribution is 2.29. The summed E-state index contributed by atoms with van der Waals surface area (Å²) in [5.41, 5.74) is 1.60. The molecule has 82 valence electrons. The Morgan fingerprint density at radius 2 is 1.86 bits per heavy atom. The zero-order valence-corrected chi connectivity index (χ0v) is 10.3. The Morgan fingerprint density at radius 1 is 1.21 bits per heavy atom. The molecule has 0 rings (SSSR count). The van der Waals surface area contributed by atoms with Gasteiger partial charge in [0, 0.05) is 0 Å². The third-order valence-electron chi connectivity index (χ3n) is 3.12. The number of allylic oxidation sites excluding steroid dienone is 3. The molecule has 0 aliphatic rings. The molecule has 0 aliphatic heterocycles. The first-order valence-electron chi connectivity index (χ1n) is 6.02. The van der Waals surface area contributed by atoms with Crippen molar-refractivity contribution in [2.45, 2.75) is 53.4 Å². The molecule has 0 saturated heterocycles. The van der Waals surface area contributed by atoms with Gasteiger partial charge in [-0.25, -0.2) is 0 Å². The first kappa shape index (κ1) is 13.5. The van der Waals surface area contributed by atoms with Gasteiger partial charge in [0.25, 0.3) is 0 Å². The number of hydrogen-bond acceptors (Lipinski definition) is 0. The molecule has 0 nitrogen and oxygen atoms in total. The predicted molar refractivity (Wildman–Crippen MR) is 66.4 cm³/mol. The average molecular weight is 194 g/mol. The van der Waals surface area contributed by atoms with Crippen molar-refractivity contribution in [2.75, 3.05) is 0 Å². The molecule has 0 aromatic carbocycles. The summed E-state index contributed by atoms with van der Waals surface area (Å²) < 4.78 is 0. The Bertz CT molecular complexity index is 176. The van der Waals surface area contributed by atoms with Crippen LogP contribution in [-0.2, 0) is 0 Å². The van der Waals surface area contributed by atoms with Crippen molar-refractivity contribution >= 4 is 0 Å². The average Bonchev–Trinajstić information content (AvgIpc) is 2.19. The summed E-state index contributed by atoms with van der Waals surface area (Å²) in [5.74, 6) is 1.57. The van der Waals surface area contributed by atoms with Crippen LogP contribution >= 0.6 is 0 Å². The van der Waals surface area contributed by atoms with Crippen molar-refractivity contribution in [3.05, 3.63) is 24.3 Å². The van der Waals surface area contributed by atoms with Crippen LogP contribution in [0.5, 0.6) is 0 Å². The molecule has 2 atom stereocenters. The van der Waals surface area contributed by atoms with E-state index in [1.54, 1.807) is 5.57 Å². The molecule has 0 fully saturated rings. The standard InChI is InChI=1S/C14H26/c1-6-10-13(11-7-2)14(9-4)12(5)8-3/h6,10,12,14H,1,7-9,11H2,2-5H3. The number of hydrogen-bond donors (Lipinski definition) is 0. The summed E-state index contributed by atoms with van der Waals surface area (Å²) in [6.07, 6.45) is 9.17. The maximum atomic E-state index is 3.81. The molecule has 0 spiro atoms. The lowest BCUT2D eigenvalue weighted by molar-refractivity contribution is 0.378. The molecule has 0 aliphatic carbocycles. The quantitative estimate of drug-likeness (QED) is 0.502. The SMILES string of the molecule is C=CC=C(CCC)C(CC)C(C)CC. The van der Waals surface area contributed by atoms with Crippen LogP contribution in [0.15, 0.2) is 24.3 Å². The van der Waals surface area contributed by atoms with Crippen LogP contribution < -0.4 is 0 Å². The third kappa shape index (κ3) is 4.13. The lowest BCUT2D eigenvalue weighted by atomic mass is 9.81. The third-order valence-corrected chi connectivity index (χ3v) is 3.12. The van der Waals surface area contributed by atoms with Gasteiger partial charge in [-0.15, -0.1) is 0 Å². The molecule has 0 radical (unpaired) electrons. The Balaban J connectivity index is 4.57. The van der Waals surface area contributed by atoms with Crippen molar-refractivity contribution in [3.63, 3.8) is 0 Å². The zero-order chi connectivity index (χ0) is 11.0. The molecule has 14 heavy (non-hydrogen) atoms. The van der Waals surface area contributed by atoms with Gasteiger partial charge in [-0.3, -0.25) is 0 Å². The van der Waals surface area contributed by atoms with E-state index in [-0.39, 0.29) is 0 Å². The second-order valence-electron chi connectivity index (χ2n) is 4.13. The summed E-state index contributed by atoms with van der Waals surface area (Å²) in [5, 5.41) is 0. The summed E-state index contributed by atoms with van der Waals surface area (Å²) in [6, 6.07) is 0. The van der Waals surface area contributed by atoms with Crippen LogP contribution in [0.4, 0.5) is 0 Å². The van der Waals surface area contributed by atoms with E-state index in [9.17, 15) is 0 Å². The van der Waals surface area contributed by atoms with E-state index in [1.165, 1.54) is 25.7 Å². The van der Waals surface area contributed by atoms with E-state index in [2.05, 4.69) is 40.3 Å².